The summed E-state index contributed by atoms with van der Waals surface area (Å²) in [6, 6.07) is 19.0. The summed E-state index contributed by atoms with van der Waals surface area (Å²) in [5.41, 5.74) is 1.33. The molecule has 0 saturated carbocycles. The van der Waals surface area contributed by atoms with Gasteiger partial charge in [-0.1, -0.05) is 85.1 Å². The van der Waals surface area contributed by atoms with E-state index < -0.39 is 27.8 Å². The average Bonchev–Trinajstić information content (AvgIpc) is 2.95. The Morgan fingerprint density at radius 2 is 1.67 bits per heavy atom. The quantitative estimate of drug-likeness (QED) is 0.200. The standard InChI is InChI=1S/C31H36Cl2FN3O4S/c1-3-4-18-35-31(39)29(20-23-11-6-5-7-12-23)36(22-24-13-8-9-14-27(24)34)30(38)15-10-19-37(42(2,40)41)28-21-25(32)16-17-26(28)33/h5-9,11-14,16-17,21,29H,3-4,10,15,18-20,22H2,1-2H3,(H,35,39)/t29-/m0/s1. The van der Waals surface area contributed by atoms with Crippen molar-refractivity contribution in [3.8, 4) is 0 Å². The van der Waals surface area contributed by atoms with Gasteiger partial charge in [-0.25, -0.2) is 12.8 Å². The fourth-order valence-electron chi connectivity index (χ4n) is 4.53. The number of carbonyl (C=O) groups is 2. The van der Waals surface area contributed by atoms with E-state index in [0.717, 1.165) is 29.0 Å². The zero-order valence-electron chi connectivity index (χ0n) is 23.7. The van der Waals surface area contributed by atoms with Gasteiger partial charge in [0.2, 0.25) is 21.8 Å². The van der Waals surface area contributed by atoms with Crippen LogP contribution in [0.3, 0.4) is 0 Å². The van der Waals surface area contributed by atoms with E-state index in [1.807, 2.05) is 37.3 Å². The van der Waals surface area contributed by atoms with Gasteiger partial charge < -0.3 is 10.2 Å². The predicted molar refractivity (Wildman–Crippen MR) is 167 cm³/mol. The van der Waals surface area contributed by atoms with Crippen molar-refractivity contribution in [2.45, 2.75) is 51.6 Å². The first-order valence-corrected chi connectivity index (χ1v) is 16.4. The Bertz CT molecular complexity index is 1460. The lowest BCUT2D eigenvalue weighted by Crippen LogP contribution is -2.50. The first kappa shape index (κ1) is 33.4. The number of unbranched alkanes of at least 4 members (excludes halogenated alkanes) is 1. The smallest absolute Gasteiger partial charge is 0.243 e. The van der Waals surface area contributed by atoms with Gasteiger partial charge in [0.05, 0.1) is 17.0 Å². The van der Waals surface area contributed by atoms with Crippen molar-refractivity contribution < 1.29 is 22.4 Å². The molecule has 0 aliphatic carbocycles. The van der Waals surface area contributed by atoms with Crippen molar-refractivity contribution in [3.63, 3.8) is 0 Å². The maximum absolute atomic E-state index is 14.8. The van der Waals surface area contributed by atoms with Gasteiger partial charge in [-0.3, -0.25) is 13.9 Å². The number of rotatable bonds is 15. The molecule has 3 rings (SSSR count). The van der Waals surface area contributed by atoms with Gasteiger partial charge in [0, 0.05) is 43.1 Å². The molecule has 3 aromatic carbocycles. The lowest BCUT2D eigenvalue weighted by molar-refractivity contribution is -0.141. The highest BCUT2D eigenvalue weighted by Gasteiger charge is 2.31. The fraction of sp³-hybridized carbons (Fsp3) is 0.355. The maximum Gasteiger partial charge on any atom is 0.243 e. The summed E-state index contributed by atoms with van der Waals surface area (Å²) in [7, 11) is -3.76. The van der Waals surface area contributed by atoms with Crippen LogP contribution in [0, 0.1) is 5.82 Å². The Kier molecular flexibility index (Phi) is 12.6. The van der Waals surface area contributed by atoms with Crippen LogP contribution in [0.25, 0.3) is 0 Å². The Labute approximate surface area is 257 Å². The highest BCUT2D eigenvalue weighted by Crippen LogP contribution is 2.31. The highest BCUT2D eigenvalue weighted by atomic mass is 35.5. The third-order valence-electron chi connectivity index (χ3n) is 6.73. The summed E-state index contributed by atoms with van der Waals surface area (Å²) in [5.74, 6) is -1.23. The van der Waals surface area contributed by atoms with Gasteiger partial charge in [-0.15, -0.1) is 0 Å². The van der Waals surface area contributed by atoms with Gasteiger partial charge in [0.25, 0.3) is 0 Å². The molecule has 0 aliphatic rings. The van der Waals surface area contributed by atoms with Crippen LogP contribution >= 0.6 is 23.2 Å². The van der Waals surface area contributed by atoms with Gasteiger partial charge in [-0.05, 0) is 42.7 Å². The number of benzene rings is 3. The van der Waals surface area contributed by atoms with Crippen molar-refractivity contribution in [3.05, 3.63) is 99.8 Å². The van der Waals surface area contributed by atoms with Crippen molar-refractivity contribution >= 4 is 50.7 Å². The number of hydrogen-bond acceptors (Lipinski definition) is 4. The van der Waals surface area contributed by atoms with Gasteiger partial charge in [-0.2, -0.15) is 0 Å². The minimum atomic E-state index is -3.76. The van der Waals surface area contributed by atoms with E-state index in [1.54, 1.807) is 24.3 Å². The molecule has 7 nitrogen and oxygen atoms in total. The molecule has 42 heavy (non-hydrogen) atoms. The summed E-state index contributed by atoms with van der Waals surface area (Å²) in [4.78, 5) is 28.7. The van der Waals surface area contributed by atoms with Crippen LogP contribution in [0.1, 0.15) is 43.7 Å². The van der Waals surface area contributed by atoms with Crippen molar-refractivity contribution in [1.82, 2.24) is 10.2 Å². The Morgan fingerprint density at radius 1 is 0.976 bits per heavy atom. The molecule has 0 unspecified atom stereocenters. The molecule has 0 aromatic heterocycles. The fourth-order valence-corrected chi connectivity index (χ4v) is 5.93. The number of nitrogens with one attached hydrogen (secondary N) is 1. The van der Waals surface area contributed by atoms with E-state index in [4.69, 9.17) is 23.2 Å². The molecule has 0 aliphatic heterocycles. The molecule has 0 heterocycles. The van der Waals surface area contributed by atoms with Crippen LogP contribution in [0.2, 0.25) is 10.0 Å². The number of hydrogen-bond donors (Lipinski definition) is 1. The Hall–Kier alpha value is -3.14. The summed E-state index contributed by atoms with van der Waals surface area (Å²) < 4.78 is 41.2. The molecule has 0 bridgehead atoms. The number of nitrogens with zero attached hydrogens (tertiary/aromatic N) is 2. The zero-order valence-corrected chi connectivity index (χ0v) is 26.1. The second-order valence-electron chi connectivity index (χ2n) is 10.00. The van der Waals surface area contributed by atoms with Crippen molar-refractivity contribution in [1.29, 1.82) is 0 Å². The lowest BCUT2D eigenvalue weighted by atomic mass is 10.0. The van der Waals surface area contributed by atoms with Crippen LogP contribution < -0.4 is 9.62 Å². The lowest BCUT2D eigenvalue weighted by Gasteiger charge is -2.32. The maximum atomic E-state index is 14.8. The molecular weight excluding hydrogens is 600 g/mol. The number of anilines is 1. The van der Waals surface area contributed by atoms with Crippen LogP contribution in [-0.4, -0.2) is 50.5 Å². The second-order valence-corrected chi connectivity index (χ2v) is 12.7. The molecule has 1 N–H and O–H groups in total. The molecule has 0 fully saturated rings. The van der Waals surface area contributed by atoms with Crippen LogP contribution in [0.5, 0.6) is 0 Å². The molecule has 11 heteroatoms. The summed E-state index contributed by atoms with van der Waals surface area (Å²) >= 11 is 12.4. The molecule has 0 spiro atoms. The number of amides is 2. The SMILES string of the molecule is CCCCNC(=O)[C@H](Cc1ccccc1)N(Cc1ccccc1F)C(=O)CCCN(c1cc(Cl)ccc1Cl)S(C)(=O)=O. The molecular formula is C31H36Cl2FN3O4S. The van der Waals surface area contributed by atoms with Gasteiger partial charge >= 0.3 is 0 Å². The Morgan fingerprint density at radius 3 is 2.33 bits per heavy atom. The second kappa shape index (κ2) is 15.9. The number of halogens is 3. The van der Waals surface area contributed by atoms with Crippen molar-refractivity contribution in [2.24, 2.45) is 0 Å². The van der Waals surface area contributed by atoms with Crippen LogP contribution in [0.15, 0.2) is 72.8 Å². The third-order valence-corrected chi connectivity index (χ3v) is 8.46. The number of carbonyl (C=O) groups excluding carboxylic acids is 2. The van der Waals surface area contributed by atoms with Gasteiger partial charge in [0.1, 0.15) is 11.9 Å². The van der Waals surface area contributed by atoms with E-state index in [9.17, 15) is 22.4 Å². The third kappa shape index (κ3) is 9.71. The molecule has 0 saturated heterocycles. The zero-order chi connectivity index (χ0) is 30.7. The van der Waals surface area contributed by atoms with E-state index in [-0.39, 0.29) is 54.5 Å². The van der Waals surface area contributed by atoms with E-state index >= 15 is 0 Å². The normalized spacial score (nSPS) is 12.0. The predicted octanol–water partition coefficient (Wildman–Crippen LogP) is 6.24. The van der Waals surface area contributed by atoms with Crippen LogP contribution in [-0.2, 0) is 32.6 Å². The van der Waals surface area contributed by atoms with E-state index in [0.29, 0.717) is 11.6 Å². The summed E-state index contributed by atoms with van der Waals surface area (Å²) in [5, 5.41) is 3.44. The minimum absolute atomic E-state index is 0.0514. The molecule has 2 amide bonds. The molecule has 1 atom stereocenters. The number of sulfonamides is 1. The summed E-state index contributed by atoms with van der Waals surface area (Å²) in [6.45, 7) is 2.29. The first-order valence-electron chi connectivity index (χ1n) is 13.8. The molecule has 0 radical (unpaired) electrons. The molecule has 226 valence electrons. The van der Waals surface area contributed by atoms with Gasteiger partial charge in [0.15, 0.2) is 0 Å². The topological polar surface area (TPSA) is 86.8 Å². The average molecular weight is 637 g/mol. The van der Waals surface area contributed by atoms with Crippen molar-refractivity contribution in [2.75, 3.05) is 23.7 Å². The Balaban J connectivity index is 1.90. The summed E-state index contributed by atoms with van der Waals surface area (Å²) in [6.07, 6.45) is 2.97. The highest BCUT2D eigenvalue weighted by molar-refractivity contribution is 7.92. The van der Waals surface area contributed by atoms with Crippen LogP contribution in [0.4, 0.5) is 10.1 Å². The van der Waals surface area contributed by atoms with E-state index in [2.05, 4.69) is 5.32 Å². The monoisotopic (exact) mass is 635 g/mol. The minimum Gasteiger partial charge on any atom is -0.354 e. The largest absolute Gasteiger partial charge is 0.354 e. The van der Waals surface area contributed by atoms with E-state index in [1.165, 1.54) is 23.1 Å². The molecule has 3 aromatic rings. The first-order chi connectivity index (χ1) is 20.0.